The lowest BCUT2D eigenvalue weighted by Gasteiger charge is -2.12. The van der Waals surface area contributed by atoms with Gasteiger partial charge in [-0.05, 0) is 48.2 Å². The van der Waals surface area contributed by atoms with Crippen molar-refractivity contribution in [1.82, 2.24) is 0 Å². The van der Waals surface area contributed by atoms with Crippen LogP contribution in [0.2, 0.25) is 0 Å². The number of unbranched alkanes of at least 4 members (excludes halogenated alkanes) is 2. The molecule has 0 aromatic heterocycles. The van der Waals surface area contributed by atoms with Crippen LogP contribution in [0.1, 0.15) is 31.7 Å². The summed E-state index contributed by atoms with van der Waals surface area (Å²) in [6.45, 7) is 2.24. The minimum absolute atomic E-state index is 0.877. The summed E-state index contributed by atoms with van der Waals surface area (Å²) in [6.07, 6.45) is 4.95. The van der Waals surface area contributed by atoms with Crippen molar-refractivity contribution in [3.63, 3.8) is 0 Å². The highest BCUT2D eigenvalue weighted by atomic mass is 16.5. The molecule has 0 bridgehead atoms. The zero-order valence-corrected chi connectivity index (χ0v) is 14.2. The van der Waals surface area contributed by atoms with Crippen LogP contribution in [0.5, 0.6) is 11.5 Å². The molecule has 1 heteroatoms. The van der Waals surface area contributed by atoms with E-state index in [-0.39, 0.29) is 0 Å². The van der Waals surface area contributed by atoms with Crippen LogP contribution in [0, 0.1) is 6.07 Å². The number of ether oxygens (including phenoxy) is 1. The van der Waals surface area contributed by atoms with Crippen molar-refractivity contribution in [2.24, 2.45) is 0 Å². The summed E-state index contributed by atoms with van der Waals surface area (Å²) in [5, 5.41) is 0. The first-order chi connectivity index (χ1) is 11.9. The molecular formula is C23H23O. The Balaban J connectivity index is 1.75. The molecule has 3 aromatic carbocycles. The van der Waals surface area contributed by atoms with Crippen LogP contribution in [0.3, 0.4) is 0 Å². The van der Waals surface area contributed by atoms with E-state index in [1.165, 1.54) is 24.8 Å². The first-order valence-corrected chi connectivity index (χ1v) is 8.69. The SMILES string of the molecule is CCCCCc1ccc(Oc2ccccc2-c2cc[c]cc2)cc1. The van der Waals surface area contributed by atoms with Crippen LogP contribution < -0.4 is 4.74 Å². The molecule has 0 heterocycles. The molecule has 0 aliphatic rings. The number of benzene rings is 3. The largest absolute Gasteiger partial charge is 0.457 e. The van der Waals surface area contributed by atoms with Crippen LogP contribution in [-0.2, 0) is 6.42 Å². The van der Waals surface area contributed by atoms with Gasteiger partial charge < -0.3 is 4.74 Å². The van der Waals surface area contributed by atoms with Crippen LogP contribution in [-0.4, -0.2) is 0 Å². The highest BCUT2D eigenvalue weighted by Gasteiger charge is 2.06. The fraction of sp³-hybridized carbons (Fsp3) is 0.217. The van der Waals surface area contributed by atoms with Crippen molar-refractivity contribution in [2.45, 2.75) is 32.6 Å². The molecule has 1 nitrogen and oxygen atoms in total. The molecule has 1 radical (unpaired) electrons. The second kappa shape index (κ2) is 8.35. The van der Waals surface area contributed by atoms with Crippen LogP contribution in [0.15, 0.2) is 72.8 Å². The monoisotopic (exact) mass is 315 g/mol. The Bertz CT molecular complexity index is 745. The predicted molar refractivity (Wildman–Crippen MR) is 100 cm³/mol. The molecule has 0 atom stereocenters. The number of aryl methyl sites for hydroxylation is 1. The summed E-state index contributed by atoms with van der Waals surface area (Å²) in [5.74, 6) is 1.76. The Kier molecular flexibility index (Phi) is 5.68. The Morgan fingerprint density at radius 2 is 1.58 bits per heavy atom. The van der Waals surface area contributed by atoms with Gasteiger partial charge in [0.25, 0.3) is 0 Å². The molecule has 0 unspecified atom stereocenters. The number of hydrogen-bond acceptors (Lipinski definition) is 1. The van der Waals surface area contributed by atoms with Gasteiger partial charge in [0.2, 0.25) is 0 Å². The number of hydrogen-bond donors (Lipinski definition) is 0. The molecule has 0 spiro atoms. The van der Waals surface area contributed by atoms with Crippen LogP contribution in [0.4, 0.5) is 0 Å². The lowest BCUT2D eigenvalue weighted by atomic mass is 10.0. The van der Waals surface area contributed by atoms with E-state index in [0.29, 0.717) is 0 Å². The van der Waals surface area contributed by atoms with E-state index in [1.807, 2.05) is 30.3 Å². The van der Waals surface area contributed by atoms with E-state index in [1.54, 1.807) is 0 Å². The lowest BCUT2D eigenvalue weighted by molar-refractivity contribution is 0.484. The van der Waals surface area contributed by atoms with E-state index in [2.05, 4.69) is 55.5 Å². The van der Waals surface area contributed by atoms with Crippen molar-refractivity contribution < 1.29 is 4.74 Å². The van der Waals surface area contributed by atoms with Gasteiger partial charge in [0.05, 0.1) is 0 Å². The van der Waals surface area contributed by atoms with Crippen molar-refractivity contribution >= 4 is 0 Å². The third kappa shape index (κ3) is 4.26. The summed E-state index contributed by atoms with van der Waals surface area (Å²) in [4.78, 5) is 0. The molecule has 0 aliphatic carbocycles. The molecule has 0 N–H and O–H groups in total. The maximum atomic E-state index is 6.13. The van der Waals surface area contributed by atoms with Gasteiger partial charge in [0, 0.05) is 5.56 Å². The third-order valence-corrected chi connectivity index (χ3v) is 4.14. The van der Waals surface area contributed by atoms with E-state index in [0.717, 1.165) is 29.0 Å². The van der Waals surface area contributed by atoms with Gasteiger partial charge in [0.1, 0.15) is 11.5 Å². The van der Waals surface area contributed by atoms with Crippen molar-refractivity contribution in [3.05, 3.63) is 84.4 Å². The molecule has 24 heavy (non-hydrogen) atoms. The highest BCUT2D eigenvalue weighted by Crippen LogP contribution is 2.33. The fourth-order valence-electron chi connectivity index (χ4n) is 2.79. The maximum Gasteiger partial charge on any atom is 0.135 e. The first kappa shape index (κ1) is 16.3. The molecule has 0 fully saturated rings. The Morgan fingerprint density at radius 1 is 0.833 bits per heavy atom. The molecule has 0 saturated heterocycles. The fourth-order valence-corrected chi connectivity index (χ4v) is 2.79. The lowest BCUT2D eigenvalue weighted by Crippen LogP contribution is -1.90. The summed E-state index contributed by atoms with van der Waals surface area (Å²) >= 11 is 0. The van der Waals surface area contributed by atoms with Gasteiger partial charge >= 0.3 is 0 Å². The predicted octanol–water partition coefficient (Wildman–Crippen LogP) is 6.68. The minimum atomic E-state index is 0.877. The molecular weight excluding hydrogens is 292 g/mol. The highest BCUT2D eigenvalue weighted by molar-refractivity contribution is 5.70. The van der Waals surface area contributed by atoms with Gasteiger partial charge in [-0.25, -0.2) is 0 Å². The zero-order valence-electron chi connectivity index (χ0n) is 14.2. The Morgan fingerprint density at radius 3 is 2.33 bits per heavy atom. The standard InChI is InChI=1S/C23H23O/c1-2-3-5-10-19-15-17-21(18-16-19)24-23-14-9-8-13-22(23)20-11-6-4-7-12-20/h6-9,11-18H,2-3,5,10H2,1H3. The van der Waals surface area contributed by atoms with Gasteiger partial charge in [-0.1, -0.05) is 74.4 Å². The summed E-state index contributed by atoms with van der Waals surface area (Å²) in [5.41, 5.74) is 3.61. The summed E-state index contributed by atoms with van der Waals surface area (Å²) < 4.78 is 6.13. The Labute approximate surface area is 144 Å². The number of para-hydroxylation sites is 1. The van der Waals surface area contributed by atoms with Crippen LogP contribution >= 0.6 is 0 Å². The molecule has 0 aliphatic heterocycles. The summed E-state index contributed by atoms with van der Waals surface area (Å²) in [7, 11) is 0. The molecule has 0 amide bonds. The zero-order chi connectivity index (χ0) is 16.6. The third-order valence-electron chi connectivity index (χ3n) is 4.14. The number of rotatable bonds is 7. The topological polar surface area (TPSA) is 9.23 Å². The second-order valence-electron chi connectivity index (χ2n) is 5.99. The van der Waals surface area contributed by atoms with E-state index in [9.17, 15) is 0 Å². The van der Waals surface area contributed by atoms with Gasteiger partial charge in [0.15, 0.2) is 0 Å². The van der Waals surface area contributed by atoms with Gasteiger partial charge in [-0.3, -0.25) is 0 Å². The molecule has 3 aromatic rings. The minimum Gasteiger partial charge on any atom is -0.457 e. The molecule has 0 saturated carbocycles. The van der Waals surface area contributed by atoms with E-state index < -0.39 is 0 Å². The second-order valence-corrected chi connectivity index (χ2v) is 5.99. The van der Waals surface area contributed by atoms with Crippen molar-refractivity contribution in [3.8, 4) is 22.6 Å². The van der Waals surface area contributed by atoms with E-state index in [4.69, 9.17) is 4.74 Å². The van der Waals surface area contributed by atoms with E-state index >= 15 is 0 Å². The van der Waals surface area contributed by atoms with Gasteiger partial charge in [-0.15, -0.1) is 0 Å². The molecule has 3 rings (SSSR count). The average Bonchev–Trinajstić information content (AvgIpc) is 2.65. The normalized spacial score (nSPS) is 10.5. The van der Waals surface area contributed by atoms with Crippen molar-refractivity contribution in [1.29, 1.82) is 0 Å². The average molecular weight is 315 g/mol. The molecule has 121 valence electrons. The van der Waals surface area contributed by atoms with Gasteiger partial charge in [-0.2, -0.15) is 0 Å². The first-order valence-electron chi connectivity index (χ1n) is 8.69. The Hall–Kier alpha value is -2.54. The maximum absolute atomic E-state index is 6.13. The van der Waals surface area contributed by atoms with Crippen molar-refractivity contribution in [2.75, 3.05) is 0 Å². The summed E-state index contributed by atoms with van der Waals surface area (Å²) in [6, 6.07) is 27.6. The van der Waals surface area contributed by atoms with Crippen LogP contribution in [0.25, 0.3) is 11.1 Å². The smallest absolute Gasteiger partial charge is 0.135 e. The quantitative estimate of drug-likeness (QED) is 0.442.